The summed E-state index contributed by atoms with van der Waals surface area (Å²) in [6.07, 6.45) is 1.52. The van der Waals surface area contributed by atoms with Crippen LogP contribution >= 0.6 is 0 Å². The quantitative estimate of drug-likeness (QED) is 0.760. The summed E-state index contributed by atoms with van der Waals surface area (Å²) < 4.78 is 6.15. The molecule has 1 heterocycles. The predicted molar refractivity (Wildman–Crippen MR) is 95.0 cm³/mol. The van der Waals surface area contributed by atoms with Crippen LogP contribution in [-0.4, -0.2) is 5.11 Å². The van der Waals surface area contributed by atoms with E-state index in [4.69, 9.17) is 4.74 Å². The van der Waals surface area contributed by atoms with Gasteiger partial charge in [-0.05, 0) is 22.8 Å². The van der Waals surface area contributed by atoms with Crippen molar-refractivity contribution in [1.29, 1.82) is 0 Å². The molecule has 2 heteroatoms. The Hall–Kier alpha value is -2.68. The molecule has 0 spiro atoms. The zero-order valence-electron chi connectivity index (χ0n) is 13.2. The maximum Gasteiger partial charge on any atom is 0.214 e. The van der Waals surface area contributed by atoms with Crippen molar-refractivity contribution < 1.29 is 9.84 Å². The lowest BCUT2D eigenvalue weighted by atomic mass is 9.95. The van der Waals surface area contributed by atoms with Crippen LogP contribution in [0, 0.1) is 0 Å². The Morgan fingerprint density at radius 3 is 1.88 bits per heavy atom. The average Bonchev–Trinajstić information content (AvgIpc) is 3.03. The predicted octanol–water partition coefficient (Wildman–Crippen LogP) is 4.69. The molecule has 2 unspecified atom stereocenters. The van der Waals surface area contributed by atoms with E-state index in [2.05, 4.69) is 0 Å². The van der Waals surface area contributed by atoms with Crippen molar-refractivity contribution in [1.82, 2.24) is 0 Å². The van der Waals surface area contributed by atoms with Crippen LogP contribution in [0.1, 0.15) is 22.8 Å². The molecule has 0 radical (unpaired) electrons. The molecular weight excluding hydrogens is 296 g/mol. The molecule has 1 aliphatic heterocycles. The minimum absolute atomic E-state index is 0.307. The first kappa shape index (κ1) is 14.9. The largest absolute Gasteiger partial charge is 0.359 e. The summed E-state index contributed by atoms with van der Waals surface area (Å²) in [5, 5.41) is 11.1. The Labute approximate surface area is 141 Å². The highest BCUT2D eigenvalue weighted by molar-refractivity contribution is 5.73. The SMILES string of the molecule is OC1(c2ccccc2)C=C(c2ccccc2)C(c2ccccc2)O1. The Bertz CT molecular complexity index is 841. The third-order valence-corrected chi connectivity index (χ3v) is 4.33. The van der Waals surface area contributed by atoms with Crippen LogP contribution in [0.15, 0.2) is 97.1 Å². The molecule has 0 saturated heterocycles. The molecule has 0 saturated carbocycles. The number of rotatable bonds is 3. The normalized spacial score (nSPS) is 23.0. The molecular formula is C22H18O2. The molecule has 3 aromatic carbocycles. The van der Waals surface area contributed by atoms with Gasteiger partial charge in [0.25, 0.3) is 0 Å². The third-order valence-electron chi connectivity index (χ3n) is 4.33. The molecule has 3 aromatic rings. The van der Waals surface area contributed by atoms with Gasteiger partial charge in [-0.3, -0.25) is 0 Å². The van der Waals surface area contributed by atoms with Gasteiger partial charge in [0.05, 0.1) is 0 Å². The number of hydrogen-bond donors (Lipinski definition) is 1. The smallest absolute Gasteiger partial charge is 0.214 e. The first-order valence-corrected chi connectivity index (χ1v) is 8.05. The Morgan fingerprint density at radius 1 is 0.708 bits per heavy atom. The molecule has 0 amide bonds. The molecule has 2 atom stereocenters. The van der Waals surface area contributed by atoms with Crippen molar-refractivity contribution in [2.45, 2.75) is 11.9 Å². The summed E-state index contributed by atoms with van der Waals surface area (Å²) in [4.78, 5) is 0. The van der Waals surface area contributed by atoms with E-state index in [9.17, 15) is 5.11 Å². The van der Waals surface area contributed by atoms with Crippen LogP contribution in [0.4, 0.5) is 0 Å². The zero-order valence-corrected chi connectivity index (χ0v) is 13.2. The number of hydrogen-bond acceptors (Lipinski definition) is 2. The van der Waals surface area contributed by atoms with Gasteiger partial charge in [0, 0.05) is 5.56 Å². The first-order chi connectivity index (χ1) is 11.8. The molecule has 4 rings (SSSR count). The number of ether oxygens (including phenoxy) is 1. The lowest BCUT2D eigenvalue weighted by Gasteiger charge is -2.24. The van der Waals surface area contributed by atoms with E-state index in [1.54, 1.807) is 0 Å². The lowest BCUT2D eigenvalue weighted by molar-refractivity contribution is -0.180. The molecule has 1 aliphatic rings. The Kier molecular flexibility index (Phi) is 3.77. The lowest BCUT2D eigenvalue weighted by Crippen LogP contribution is -2.24. The molecule has 0 fully saturated rings. The molecule has 0 aliphatic carbocycles. The highest BCUT2D eigenvalue weighted by atomic mass is 16.6. The Morgan fingerprint density at radius 2 is 1.25 bits per heavy atom. The van der Waals surface area contributed by atoms with Gasteiger partial charge in [0.2, 0.25) is 5.79 Å². The van der Waals surface area contributed by atoms with Crippen molar-refractivity contribution in [3.63, 3.8) is 0 Å². The minimum atomic E-state index is -1.42. The van der Waals surface area contributed by atoms with Crippen molar-refractivity contribution in [2.75, 3.05) is 0 Å². The highest BCUT2D eigenvalue weighted by Crippen LogP contribution is 2.47. The average molecular weight is 314 g/mol. The summed E-state index contributed by atoms with van der Waals surface area (Å²) in [7, 11) is 0. The summed E-state index contributed by atoms with van der Waals surface area (Å²) in [6.45, 7) is 0. The van der Waals surface area contributed by atoms with Crippen LogP contribution in [0.2, 0.25) is 0 Å². The van der Waals surface area contributed by atoms with E-state index >= 15 is 0 Å². The monoisotopic (exact) mass is 314 g/mol. The number of benzene rings is 3. The second-order valence-corrected chi connectivity index (χ2v) is 5.94. The molecule has 0 aromatic heterocycles. The van der Waals surface area contributed by atoms with Gasteiger partial charge in [-0.15, -0.1) is 0 Å². The summed E-state index contributed by atoms with van der Waals surface area (Å²) >= 11 is 0. The van der Waals surface area contributed by atoms with Crippen molar-refractivity contribution in [3.8, 4) is 0 Å². The molecule has 1 N–H and O–H groups in total. The van der Waals surface area contributed by atoms with Crippen LogP contribution in [0.25, 0.3) is 5.57 Å². The maximum absolute atomic E-state index is 11.1. The van der Waals surface area contributed by atoms with E-state index in [-0.39, 0.29) is 6.10 Å². The van der Waals surface area contributed by atoms with Crippen LogP contribution < -0.4 is 0 Å². The van der Waals surface area contributed by atoms with E-state index in [0.29, 0.717) is 0 Å². The topological polar surface area (TPSA) is 29.5 Å². The Balaban J connectivity index is 1.82. The van der Waals surface area contributed by atoms with Gasteiger partial charge in [0.15, 0.2) is 0 Å². The first-order valence-electron chi connectivity index (χ1n) is 8.05. The maximum atomic E-state index is 11.1. The van der Waals surface area contributed by atoms with Gasteiger partial charge in [-0.2, -0.15) is 0 Å². The van der Waals surface area contributed by atoms with Gasteiger partial charge in [0.1, 0.15) is 6.10 Å². The second-order valence-electron chi connectivity index (χ2n) is 5.94. The van der Waals surface area contributed by atoms with E-state index < -0.39 is 5.79 Å². The van der Waals surface area contributed by atoms with Crippen molar-refractivity contribution >= 4 is 5.57 Å². The fourth-order valence-corrected chi connectivity index (χ4v) is 3.13. The fraction of sp³-hybridized carbons (Fsp3) is 0.0909. The van der Waals surface area contributed by atoms with Gasteiger partial charge >= 0.3 is 0 Å². The summed E-state index contributed by atoms with van der Waals surface area (Å²) in [5.41, 5.74) is 3.79. The van der Waals surface area contributed by atoms with Crippen LogP contribution in [0.5, 0.6) is 0 Å². The van der Waals surface area contributed by atoms with Crippen LogP contribution in [0.3, 0.4) is 0 Å². The second kappa shape index (κ2) is 6.08. The van der Waals surface area contributed by atoms with Gasteiger partial charge in [-0.25, -0.2) is 0 Å². The van der Waals surface area contributed by atoms with Gasteiger partial charge < -0.3 is 9.84 Å². The number of aliphatic hydroxyl groups is 1. The molecule has 0 bridgehead atoms. The highest BCUT2D eigenvalue weighted by Gasteiger charge is 2.40. The fourth-order valence-electron chi connectivity index (χ4n) is 3.13. The third kappa shape index (κ3) is 2.67. The van der Waals surface area contributed by atoms with Crippen LogP contribution in [-0.2, 0) is 10.5 Å². The van der Waals surface area contributed by atoms with Crippen molar-refractivity contribution in [3.05, 3.63) is 114 Å². The summed E-state index contributed by atoms with van der Waals surface area (Å²) in [6, 6.07) is 29.6. The van der Waals surface area contributed by atoms with E-state index in [0.717, 1.165) is 22.3 Å². The minimum Gasteiger partial charge on any atom is -0.359 e. The standard InChI is InChI=1S/C22H18O2/c23-22(19-14-8-3-9-15-19)16-20(17-10-4-1-5-11-17)21(24-22)18-12-6-2-7-13-18/h1-16,21,23H. The van der Waals surface area contributed by atoms with E-state index in [1.165, 1.54) is 0 Å². The molecule has 24 heavy (non-hydrogen) atoms. The molecule has 2 nitrogen and oxygen atoms in total. The zero-order chi connectivity index (χ0) is 16.4. The van der Waals surface area contributed by atoms with E-state index in [1.807, 2.05) is 97.1 Å². The van der Waals surface area contributed by atoms with Gasteiger partial charge in [-0.1, -0.05) is 91.0 Å². The molecule has 118 valence electrons. The van der Waals surface area contributed by atoms with Crippen molar-refractivity contribution in [2.24, 2.45) is 0 Å². The summed E-state index contributed by atoms with van der Waals surface area (Å²) in [5.74, 6) is -1.42.